The van der Waals surface area contributed by atoms with Gasteiger partial charge in [-0.2, -0.15) is 5.26 Å². The summed E-state index contributed by atoms with van der Waals surface area (Å²) in [5, 5.41) is 10.1. The third-order valence-corrected chi connectivity index (χ3v) is 4.44. The highest BCUT2D eigenvalue weighted by atomic mass is 32.2. The number of nitriles is 1. The number of rotatable bonds is 3. The fourth-order valence-electron chi connectivity index (χ4n) is 2.42. The molecule has 0 saturated carbocycles. The predicted molar refractivity (Wildman–Crippen MR) is 81.6 cm³/mol. The summed E-state index contributed by atoms with van der Waals surface area (Å²) >= 11 is 1.49. The van der Waals surface area contributed by atoms with Crippen molar-refractivity contribution < 1.29 is 0 Å². The monoisotopic (exact) mass is 297 g/mol. The second-order valence-corrected chi connectivity index (χ2v) is 5.92. The van der Waals surface area contributed by atoms with Crippen molar-refractivity contribution in [2.24, 2.45) is 0 Å². The van der Waals surface area contributed by atoms with Crippen LogP contribution in [0.15, 0.2) is 23.4 Å². The van der Waals surface area contributed by atoms with Gasteiger partial charge in [-0.25, -0.2) is 15.0 Å². The second kappa shape index (κ2) is 6.10. The number of fused-ring (bicyclic) bond motifs is 1. The lowest BCUT2D eigenvalue weighted by atomic mass is 9.95. The minimum Gasteiger partial charge on any atom is -0.384 e. The third-order valence-electron chi connectivity index (χ3n) is 3.45. The Hall–Kier alpha value is -2.13. The summed E-state index contributed by atoms with van der Waals surface area (Å²) in [4.78, 5) is 13.0. The van der Waals surface area contributed by atoms with Crippen LogP contribution in [0, 0.1) is 11.3 Å². The van der Waals surface area contributed by atoms with Gasteiger partial charge in [0.1, 0.15) is 22.7 Å². The molecule has 0 atom stereocenters. The van der Waals surface area contributed by atoms with Crippen molar-refractivity contribution >= 4 is 17.6 Å². The molecule has 3 rings (SSSR count). The van der Waals surface area contributed by atoms with Gasteiger partial charge in [0, 0.05) is 11.9 Å². The van der Waals surface area contributed by atoms with E-state index < -0.39 is 0 Å². The van der Waals surface area contributed by atoms with Gasteiger partial charge in [-0.05, 0) is 43.4 Å². The maximum atomic E-state index is 9.31. The van der Waals surface area contributed by atoms with E-state index in [-0.39, 0.29) is 0 Å². The van der Waals surface area contributed by atoms with E-state index in [0.29, 0.717) is 23.0 Å². The summed E-state index contributed by atoms with van der Waals surface area (Å²) in [6, 6.07) is 5.89. The number of thioether (sulfide) groups is 1. The van der Waals surface area contributed by atoms with E-state index >= 15 is 0 Å². The molecule has 1 aliphatic carbocycles. The summed E-state index contributed by atoms with van der Waals surface area (Å²) in [6.07, 6.45) is 6.03. The molecule has 2 aromatic heterocycles. The van der Waals surface area contributed by atoms with Crippen LogP contribution < -0.4 is 5.73 Å². The van der Waals surface area contributed by atoms with Crippen molar-refractivity contribution in [3.63, 3.8) is 0 Å². The van der Waals surface area contributed by atoms with E-state index in [1.807, 2.05) is 6.07 Å². The molecule has 2 aromatic rings. The second-order valence-electron chi connectivity index (χ2n) is 4.95. The van der Waals surface area contributed by atoms with Gasteiger partial charge in [-0.15, -0.1) is 0 Å². The Bertz CT molecular complexity index is 708. The highest BCUT2D eigenvalue weighted by Crippen LogP contribution is 2.28. The van der Waals surface area contributed by atoms with Gasteiger partial charge in [-0.3, -0.25) is 0 Å². The van der Waals surface area contributed by atoms with Crippen LogP contribution in [-0.2, 0) is 18.6 Å². The zero-order valence-corrected chi connectivity index (χ0v) is 12.4. The first-order valence-electron chi connectivity index (χ1n) is 6.89. The standard InChI is InChI=1S/C15H15N5S/c16-8-11-7-10-3-1-2-4-12(10)19-15(11)21-9-14-18-6-5-13(17)20-14/h5-7H,1-4,9H2,(H2,17,18,20). The van der Waals surface area contributed by atoms with Gasteiger partial charge in [0.2, 0.25) is 0 Å². The maximum absolute atomic E-state index is 9.31. The van der Waals surface area contributed by atoms with E-state index in [9.17, 15) is 5.26 Å². The van der Waals surface area contributed by atoms with Gasteiger partial charge >= 0.3 is 0 Å². The molecule has 0 aromatic carbocycles. The molecule has 21 heavy (non-hydrogen) atoms. The molecule has 0 amide bonds. The Morgan fingerprint density at radius 2 is 2.14 bits per heavy atom. The SMILES string of the molecule is N#Cc1cc2c(nc1SCc1nccc(N)n1)CCCC2. The molecule has 6 heteroatoms. The summed E-state index contributed by atoms with van der Waals surface area (Å²) < 4.78 is 0. The zero-order valence-electron chi connectivity index (χ0n) is 11.5. The van der Waals surface area contributed by atoms with Crippen molar-refractivity contribution in [2.75, 3.05) is 5.73 Å². The Morgan fingerprint density at radius 3 is 2.95 bits per heavy atom. The molecule has 0 bridgehead atoms. The number of nitrogens with zero attached hydrogens (tertiary/aromatic N) is 4. The maximum Gasteiger partial charge on any atom is 0.140 e. The Morgan fingerprint density at radius 1 is 1.29 bits per heavy atom. The van der Waals surface area contributed by atoms with Crippen LogP contribution in [0.2, 0.25) is 0 Å². The molecular formula is C15H15N5S. The van der Waals surface area contributed by atoms with Crippen molar-refractivity contribution in [1.29, 1.82) is 5.26 Å². The number of hydrogen-bond acceptors (Lipinski definition) is 6. The molecule has 1 aliphatic rings. The van der Waals surface area contributed by atoms with Crippen molar-refractivity contribution in [3.05, 3.63) is 41.0 Å². The molecular weight excluding hydrogens is 282 g/mol. The number of nitrogens with two attached hydrogens (primary N) is 1. The third kappa shape index (κ3) is 3.14. The summed E-state index contributed by atoms with van der Waals surface area (Å²) in [5.74, 6) is 1.67. The normalized spacial score (nSPS) is 13.5. The number of nitrogen functional groups attached to an aromatic ring is 1. The van der Waals surface area contributed by atoms with Gasteiger partial charge in [0.05, 0.1) is 11.3 Å². The fourth-order valence-corrected chi connectivity index (χ4v) is 3.26. The van der Waals surface area contributed by atoms with Crippen LogP contribution in [-0.4, -0.2) is 15.0 Å². The average molecular weight is 297 g/mol. The summed E-state index contributed by atoms with van der Waals surface area (Å²) in [5.41, 5.74) is 8.65. The lowest BCUT2D eigenvalue weighted by Gasteiger charge is -2.16. The Kier molecular flexibility index (Phi) is 4.02. The lowest BCUT2D eigenvalue weighted by molar-refractivity contribution is 0.660. The van der Waals surface area contributed by atoms with E-state index in [2.05, 4.69) is 21.0 Å². The molecule has 106 valence electrons. The number of pyridine rings is 1. The molecule has 5 nitrogen and oxygen atoms in total. The van der Waals surface area contributed by atoms with E-state index in [1.54, 1.807) is 12.3 Å². The van der Waals surface area contributed by atoms with Gasteiger partial charge in [-0.1, -0.05) is 11.8 Å². The van der Waals surface area contributed by atoms with Crippen LogP contribution in [0.5, 0.6) is 0 Å². The minimum atomic E-state index is 0.458. The molecule has 0 unspecified atom stereocenters. The summed E-state index contributed by atoms with van der Waals surface area (Å²) in [6.45, 7) is 0. The van der Waals surface area contributed by atoms with Gasteiger partial charge in [0.25, 0.3) is 0 Å². The molecule has 0 fully saturated rings. The van der Waals surface area contributed by atoms with Gasteiger partial charge in [0.15, 0.2) is 0 Å². The first-order valence-corrected chi connectivity index (χ1v) is 7.88. The largest absolute Gasteiger partial charge is 0.384 e. The minimum absolute atomic E-state index is 0.458. The van der Waals surface area contributed by atoms with Crippen LogP contribution in [0.3, 0.4) is 0 Å². The predicted octanol–water partition coefficient (Wildman–Crippen LogP) is 2.50. The van der Waals surface area contributed by atoms with Crippen molar-refractivity contribution in [1.82, 2.24) is 15.0 Å². The topological polar surface area (TPSA) is 88.5 Å². The number of anilines is 1. The number of aromatic nitrogens is 3. The van der Waals surface area contributed by atoms with Crippen molar-refractivity contribution in [2.45, 2.75) is 36.5 Å². The molecule has 2 N–H and O–H groups in total. The van der Waals surface area contributed by atoms with E-state index in [1.165, 1.54) is 30.2 Å². The number of aryl methyl sites for hydroxylation is 2. The Balaban J connectivity index is 1.83. The molecule has 0 saturated heterocycles. The average Bonchev–Trinajstić information content (AvgIpc) is 2.52. The Labute approximate surface area is 127 Å². The number of hydrogen-bond donors (Lipinski definition) is 1. The van der Waals surface area contributed by atoms with Crippen LogP contribution in [0.4, 0.5) is 5.82 Å². The first kappa shape index (κ1) is 13.8. The molecule has 0 spiro atoms. The smallest absolute Gasteiger partial charge is 0.140 e. The highest BCUT2D eigenvalue weighted by Gasteiger charge is 2.15. The quantitative estimate of drug-likeness (QED) is 0.876. The molecule has 0 radical (unpaired) electrons. The van der Waals surface area contributed by atoms with Gasteiger partial charge < -0.3 is 5.73 Å². The van der Waals surface area contributed by atoms with Crippen molar-refractivity contribution in [3.8, 4) is 6.07 Å². The zero-order chi connectivity index (χ0) is 14.7. The molecule has 0 aliphatic heterocycles. The molecule has 2 heterocycles. The van der Waals surface area contributed by atoms with Crippen LogP contribution >= 0.6 is 11.8 Å². The highest BCUT2D eigenvalue weighted by molar-refractivity contribution is 7.98. The van der Waals surface area contributed by atoms with Crippen LogP contribution in [0.1, 0.15) is 35.5 Å². The van der Waals surface area contributed by atoms with Crippen LogP contribution in [0.25, 0.3) is 0 Å². The fraction of sp³-hybridized carbons (Fsp3) is 0.333. The first-order chi connectivity index (χ1) is 10.3. The van der Waals surface area contributed by atoms with E-state index in [0.717, 1.165) is 23.6 Å². The van der Waals surface area contributed by atoms with E-state index in [4.69, 9.17) is 5.73 Å². The summed E-state index contributed by atoms with van der Waals surface area (Å²) in [7, 11) is 0. The lowest BCUT2D eigenvalue weighted by Crippen LogP contribution is -2.07.